The number of benzene rings is 1. The minimum Gasteiger partial charge on any atom is -0.497 e. The highest BCUT2D eigenvalue weighted by molar-refractivity contribution is 5.73. The van der Waals surface area contributed by atoms with Gasteiger partial charge >= 0.3 is 0 Å². The van der Waals surface area contributed by atoms with Gasteiger partial charge in [0.1, 0.15) is 17.9 Å². The van der Waals surface area contributed by atoms with Crippen LogP contribution in [0.2, 0.25) is 0 Å². The number of ether oxygens (including phenoxy) is 1. The van der Waals surface area contributed by atoms with Gasteiger partial charge in [-0.25, -0.2) is 9.67 Å². The summed E-state index contributed by atoms with van der Waals surface area (Å²) in [5.74, 6) is 1.24. The Bertz CT molecular complexity index is 548. The maximum absolute atomic E-state index is 10.8. The molecule has 0 unspecified atom stereocenters. The number of nitrogens with zero attached hydrogens (tertiary/aromatic N) is 3. The van der Waals surface area contributed by atoms with Crippen LogP contribution in [-0.2, 0) is 17.8 Å². The van der Waals surface area contributed by atoms with Gasteiger partial charge in [0.15, 0.2) is 0 Å². The lowest BCUT2D eigenvalue weighted by Crippen LogP contribution is -2.14. The van der Waals surface area contributed by atoms with E-state index >= 15 is 0 Å². The number of nitrogens with two attached hydrogens (primary N) is 1. The number of amides is 1. The summed E-state index contributed by atoms with van der Waals surface area (Å²) < 4.78 is 6.88. The number of aromatic nitrogens is 3. The lowest BCUT2D eigenvalue weighted by molar-refractivity contribution is -0.118. The van der Waals surface area contributed by atoms with Crippen LogP contribution < -0.4 is 10.5 Å². The molecular weight excluding hydrogens is 244 g/mol. The highest BCUT2D eigenvalue weighted by Crippen LogP contribution is 2.12. The average molecular weight is 260 g/mol. The first-order valence-corrected chi connectivity index (χ1v) is 5.97. The molecule has 0 bridgehead atoms. The van der Waals surface area contributed by atoms with E-state index in [1.807, 2.05) is 24.3 Å². The Hall–Kier alpha value is -2.37. The third-order valence-corrected chi connectivity index (χ3v) is 2.78. The lowest BCUT2D eigenvalue weighted by atomic mass is 10.2. The molecule has 6 nitrogen and oxygen atoms in total. The lowest BCUT2D eigenvalue weighted by Gasteiger charge is -2.06. The molecule has 0 saturated heterocycles. The van der Waals surface area contributed by atoms with E-state index in [0.29, 0.717) is 13.0 Å². The van der Waals surface area contributed by atoms with Gasteiger partial charge in [0, 0.05) is 12.8 Å². The second-order valence-electron chi connectivity index (χ2n) is 4.15. The van der Waals surface area contributed by atoms with E-state index in [4.69, 9.17) is 10.5 Å². The predicted molar refractivity (Wildman–Crippen MR) is 69.6 cm³/mol. The van der Waals surface area contributed by atoms with E-state index in [1.54, 1.807) is 11.8 Å². The van der Waals surface area contributed by atoms with E-state index in [9.17, 15) is 4.79 Å². The van der Waals surface area contributed by atoms with Crippen molar-refractivity contribution in [3.8, 4) is 5.75 Å². The fourth-order valence-corrected chi connectivity index (χ4v) is 1.75. The van der Waals surface area contributed by atoms with Crippen LogP contribution in [0.15, 0.2) is 30.6 Å². The summed E-state index contributed by atoms with van der Waals surface area (Å²) in [4.78, 5) is 14.9. The van der Waals surface area contributed by atoms with Gasteiger partial charge in [-0.15, -0.1) is 0 Å². The molecule has 0 aliphatic rings. The van der Waals surface area contributed by atoms with Gasteiger partial charge in [0.05, 0.1) is 13.7 Å². The van der Waals surface area contributed by atoms with Crippen molar-refractivity contribution in [2.24, 2.45) is 5.73 Å². The zero-order valence-corrected chi connectivity index (χ0v) is 10.7. The van der Waals surface area contributed by atoms with Gasteiger partial charge in [0.2, 0.25) is 5.91 Å². The van der Waals surface area contributed by atoms with Crippen molar-refractivity contribution in [1.29, 1.82) is 0 Å². The second kappa shape index (κ2) is 5.99. The molecule has 19 heavy (non-hydrogen) atoms. The Kier molecular flexibility index (Phi) is 4.12. The number of rotatable bonds is 6. The summed E-state index contributed by atoms with van der Waals surface area (Å²) >= 11 is 0. The molecule has 0 radical (unpaired) electrons. The van der Waals surface area contributed by atoms with E-state index in [1.165, 1.54) is 6.33 Å². The average Bonchev–Trinajstić information content (AvgIpc) is 2.84. The topological polar surface area (TPSA) is 83.0 Å². The Morgan fingerprint density at radius 2 is 2.11 bits per heavy atom. The summed E-state index contributed by atoms with van der Waals surface area (Å²) in [6.45, 7) is 0.609. The van der Waals surface area contributed by atoms with Gasteiger partial charge in [-0.2, -0.15) is 5.10 Å². The fraction of sp³-hybridized carbons (Fsp3) is 0.308. The third-order valence-electron chi connectivity index (χ3n) is 2.78. The van der Waals surface area contributed by atoms with Crippen molar-refractivity contribution in [3.63, 3.8) is 0 Å². The highest BCUT2D eigenvalue weighted by atomic mass is 16.5. The smallest absolute Gasteiger partial charge is 0.217 e. The SMILES string of the molecule is COc1ccc(Cn2ncnc2CCC(N)=O)cc1. The minimum absolute atomic E-state index is 0.279. The molecule has 1 aromatic heterocycles. The Balaban J connectivity index is 2.05. The monoisotopic (exact) mass is 260 g/mol. The number of carbonyl (C=O) groups is 1. The van der Waals surface area contributed by atoms with Crippen LogP contribution in [0, 0.1) is 0 Å². The molecule has 2 N–H and O–H groups in total. The van der Waals surface area contributed by atoms with Crippen molar-refractivity contribution in [3.05, 3.63) is 42.0 Å². The molecule has 0 fully saturated rings. The quantitative estimate of drug-likeness (QED) is 0.831. The third kappa shape index (κ3) is 3.54. The number of hydrogen-bond donors (Lipinski definition) is 1. The first kappa shape index (κ1) is 13.1. The van der Waals surface area contributed by atoms with Crippen LogP contribution in [0.4, 0.5) is 0 Å². The Morgan fingerprint density at radius 3 is 2.74 bits per heavy atom. The van der Waals surface area contributed by atoms with Crippen LogP contribution in [0.3, 0.4) is 0 Å². The van der Waals surface area contributed by atoms with Crippen molar-refractivity contribution >= 4 is 5.91 Å². The van der Waals surface area contributed by atoms with Gasteiger partial charge in [-0.1, -0.05) is 12.1 Å². The second-order valence-corrected chi connectivity index (χ2v) is 4.15. The van der Waals surface area contributed by atoms with Crippen LogP contribution in [0.1, 0.15) is 17.8 Å². The summed E-state index contributed by atoms with van der Waals surface area (Å²) in [7, 11) is 1.63. The van der Waals surface area contributed by atoms with Crippen LogP contribution in [0.25, 0.3) is 0 Å². The highest BCUT2D eigenvalue weighted by Gasteiger charge is 2.06. The Labute approximate surface area is 111 Å². The molecule has 2 aromatic rings. The van der Waals surface area contributed by atoms with Crippen molar-refractivity contribution < 1.29 is 9.53 Å². The molecule has 2 rings (SSSR count). The maximum atomic E-state index is 10.8. The summed E-state index contributed by atoms with van der Waals surface area (Å²) in [6.07, 6.45) is 2.27. The van der Waals surface area contributed by atoms with Gasteiger partial charge < -0.3 is 10.5 Å². The standard InChI is InChI=1S/C13H16N4O2/c1-19-11-4-2-10(3-5-11)8-17-13(15-9-16-17)7-6-12(14)18/h2-5,9H,6-8H2,1H3,(H2,14,18). The van der Waals surface area contributed by atoms with Crippen molar-refractivity contribution in [2.75, 3.05) is 7.11 Å². The largest absolute Gasteiger partial charge is 0.497 e. The molecule has 0 aliphatic heterocycles. The molecule has 1 aromatic carbocycles. The van der Waals surface area contributed by atoms with Crippen LogP contribution >= 0.6 is 0 Å². The molecular formula is C13H16N4O2. The number of hydrogen-bond acceptors (Lipinski definition) is 4. The predicted octanol–water partition coefficient (Wildman–Crippen LogP) is 0.753. The molecule has 1 heterocycles. The van der Waals surface area contributed by atoms with Gasteiger partial charge in [0.25, 0.3) is 0 Å². The zero-order valence-electron chi connectivity index (χ0n) is 10.7. The maximum Gasteiger partial charge on any atom is 0.217 e. The van der Waals surface area contributed by atoms with Crippen LogP contribution in [-0.4, -0.2) is 27.8 Å². The number of methoxy groups -OCH3 is 1. The molecule has 100 valence electrons. The normalized spacial score (nSPS) is 10.4. The Morgan fingerprint density at radius 1 is 1.37 bits per heavy atom. The summed E-state index contributed by atoms with van der Waals surface area (Å²) in [5.41, 5.74) is 6.22. The molecule has 6 heteroatoms. The fourth-order valence-electron chi connectivity index (χ4n) is 1.75. The van der Waals surface area contributed by atoms with E-state index in [2.05, 4.69) is 10.1 Å². The van der Waals surface area contributed by atoms with Crippen LogP contribution in [0.5, 0.6) is 5.75 Å². The number of carbonyl (C=O) groups excluding carboxylic acids is 1. The molecule has 0 atom stereocenters. The number of primary amides is 1. The van der Waals surface area contributed by atoms with Crippen molar-refractivity contribution in [2.45, 2.75) is 19.4 Å². The number of aryl methyl sites for hydroxylation is 1. The summed E-state index contributed by atoms with van der Waals surface area (Å²) in [5, 5.41) is 4.15. The molecule has 0 saturated carbocycles. The van der Waals surface area contributed by atoms with E-state index in [0.717, 1.165) is 17.1 Å². The van der Waals surface area contributed by atoms with E-state index < -0.39 is 0 Å². The molecule has 0 spiro atoms. The first-order valence-electron chi connectivity index (χ1n) is 5.97. The van der Waals surface area contributed by atoms with Crippen molar-refractivity contribution in [1.82, 2.24) is 14.8 Å². The minimum atomic E-state index is -0.334. The van der Waals surface area contributed by atoms with Gasteiger partial charge in [-0.3, -0.25) is 4.79 Å². The van der Waals surface area contributed by atoms with Gasteiger partial charge in [-0.05, 0) is 17.7 Å². The van der Waals surface area contributed by atoms with E-state index in [-0.39, 0.29) is 12.3 Å². The molecule has 1 amide bonds. The first-order chi connectivity index (χ1) is 9.19. The summed E-state index contributed by atoms with van der Waals surface area (Å²) in [6, 6.07) is 7.74. The molecule has 0 aliphatic carbocycles. The zero-order chi connectivity index (χ0) is 13.7.